The van der Waals surface area contributed by atoms with Gasteiger partial charge in [0.25, 0.3) is 0 Å². The number of nitriles is 1. The fourth-order valence-electron chi connectivity index (χ4n) is 1.11. The molecular formula is C9H11N5S. The Kier molecular flexibility index (Phi) is 5.26. The molecule has 0 fully saturated rings. The van der Waals surface area contributed by atoms with Crippen molar-refractivity contribution >= 4 is 11.3 Å². The molecule has 15 heavy (non-hydrogen) atoms. The smallest absolute Gasteiger partial charge is 0.130 e. The van der Waals surface area contributed by atoms with Crippen LogP contribution in [0.3, 0.4) is 0 Å². The van der Waals surface area contributed by atoms with Gasteiger partial charge in [-0.2, -0.15) is 5.26 Å². The Balaban J connectivity index is 2.30. The lowest BCUT2D eigenvalue weighted by Gasteiger charge is -2.08. The first-order valence-corrected chi connectivity index (χ1v) is 5.43. The lowest BCUT2D eigenvalue weighted by atomic mass is 10.2. The molecule has 0 aliphatic carbocycles. The predicted octanol–water partition coefficient (Wildman–Crippen LogP) is 2.60. The van der Waals surface area contributed by atoms with Crippen LogP contribution >= 0.6 is 11.3 Å². The average molecular weight is 221 g/mol. The third kappa shape index (κ3) is 4.00. The van der Waals surface area contributed by atoms with E-state index in [9.17, 15) is 0 Å². The van der Waals surface area contributed by atoms with Crippen LogP contribution in [0.1, 0.15) is 17.3 Å². The van der Waals surface area contributed by atoms with Crippen molar-refractivity contribution in [1.82, 2.24) is 5.32 Å². The standard InChI is InChI=1S/C9H11N5S/c10-7-8(9-3-1-6-15-9)12-4-2-5-13-14-11/h1,3,6,8,12H,2,4-5H2. The number of hydrogen-bond donors (Lipinski definition) is 1. The molecule has 0 aliphatic rings. The quantitative estimate of drug-likeness (QED) is 0.346. The van der Waals surface area contributed by atoms with Crippen molar-refractivity contribution in [3.8, 4) is 6.07 Å². The lowest BCUT2D eigenvalue weighted by molar-refractivity contribution is 0.613. The van der Waals surface area contributed by atoms with Crippen LogP contribution in [-0.2, 0) is 0 Å². The highest BCUT2D eigenvalue weighted by Crippen LogP contribution is 2.17. The Morgan fingerprint density at radius 3 is 3.20 bits per heavy atom. The van der Waals surface area contributed by atoms with Gasteiger partial charge in [-0.05, 0) is 29.9 Å². The minimum absolute atomic E-state index is 0.254. The van der Waals surface area contributed by atoms with E-state index >= 15 is 0 Å². The van der Waals surface area contributed by atoms with Gasteiger partial charge in [-0.25, -0.2) is 0 Å². The van der Waals surface area contributed by atoms with Crippen LogP contribution in [0.4, 0.5) is 0 Å². The van der Waals surface area contributed by atoms with E-state index in [-0.39, 0.29) is 6.04 Å². The van der Waals surface area contributed by atoms with Gasteiger partial charge in [0.1, 0.15) is 6.04 Å². The summed E-state index contributed by atoms with van der Waals surface area (Å²) in [4.78, 5) is 3.67. The van der Waals surface area contributed by atoms with E-state index in [0.717, 1.165) is 11.3 Å². The summed E-state index contributed by atoms with van der Waals surface area (Å²) < 4.78 is 0. The maximum Gasteiger partial charge on any atom is 0.130 e. The number of nitrogens with one attached hydrogen (secondary N) is 1. The molecule has 0 saturated carbocycles. The monoisotopic (exact) mass is 221 g/mol. The summed E-state index contributed by atoms with van der Waals surface area (Å²) in [7, 11) is 0. The molecule has 1 atom stereocenters. The van der Waals surface area contributed by atoms with Crippen molar-refractivity contribution in [3.05, 3.63) is 32.8 Å². The zero-order valence-electron chi connectivity index (χ0n) is 8.13. The van der Waals surface area contributed by atoms with Crippen LogP contribution in [0.15, 0.2) is 22.6 Å². The Bertz CT molecular complexity index is 360. The lowest BCUT2D eigenvalue weighted by Crippen LogP contribution is -2.20. The van der Waals surface area contributed by atoms with Gasteiger partial charge >= 0.3 is 0 Å². The maximum absolute atomic E-state index is 8.91. The summed E-state index contributed by atoms with van der Waals surface area (Å²) in [6, 6.07) is 5.79. The number of rotatable bonds is 6. The Labute approximate surface area is 92.0 Å². The highest BCUT2D eigenvalue weighted by molar-refractivity contribution is 7.10. The van der Waals surface area contributed by atoms with E-state index in [4.69, 9.17) is 10.8 Å². The number of nitrogens with zero attached hydrogens (tertiary/aromatic N) is 4. The zero-order valence-corrected chi connectivity index (χ0v) is 8.94. The average Bonchev–Trinajstić information content (AvgIpc) is 2.77. The molecule has 0 radical (unpaired) electrons. The summed E-state index contributed by atoms with van der Waals surface area (Å²) in [5.74, 6) is 0. The molecule has 6 heteroatoms. The second-order valence-corrected chi connectivity index (χ2v) is 3.82. The molecule has 1 rings (SSSR count). The third-order valence-electron chi connectivity index (χ3n) is 1.80. The highest BCUT2D eigenvalue weighted by Gasteiger charge is 2.09. The highest BCUT2D eigenvalue weighted by atomic mass is 32.1. The summed E-state index contributed by atoms with van der Waals surface area (Å²) in [6.07, 6.45) is 0.744. The minimum Gasteiger partial charge on any atom is -0.298 e. The van der Waals surface area contributed by atoms with Gasteiger partial charge in [-0.3, -0.25) is 5.32 Å². The molecule has 0 aliphatic heterocycles. The number of thiophene rings is 1. The summed E-state index contributed by atoms with van der Waals surface area (Å²) in [5, 5.41) is 17.4. The molecule has 1 heterocycles. The first-order chi connectivity index (χ1) is 7.38. The van der Waals surface area contributed by atoms with E-state index in [2.05, 4.69) is 21.4 Å². The van der Waals surface area contributed by atoms with Crippen LogP contribution in [-0.4, -0.2) is 13.1 Å². The molecule has 0 amide bonds. The molecule has 78 valence electrons. The first kappa shape index (κ1) is 11.5. The van der Waals surface area contributed by atoms with Crippen LogP contribution < -0.4 is 5.32 Å². The van der Waals surface area contributed by atoms with Crippen molar-refractivity contribution in [2.75, 3.05) is 13.1 Å². The molecule has 0 bridgehead atoms. The molecule has 0 aromatic carbocycles. The zero-order chi connectivity index (χ0) is 10.9. The Hall–Kier alpha value is -1.54. The van der Waals surface area contributed by atoms with Crippen molar-refractivity contribution < 1.29 is 0 Å². The van der Waals surface area contributed by atoms with Crippen molar-refractivity contribution in [1.29, 1.82) is 5.26 Å². The van der Waals surface area contributed by atoms with Gasteiger partial charge in [0.2, 0.25) is 0 Å². The summed E-state index contributed by atoms with van der Waals surface area (Å²) >= 11 is 1.56. The van der Waals surface area contributed by atoms with E-state index in [1.807, 2.05) is 17.5 Å². The fourth-order valence-corrected chi connectivity index (χ4v) is 1.85. The first-order valence-electron chi connectivity index (χ1n) is 4.55. The third-order valence-corrected chi connectivity index (χ3v) is 2.74. The molecule has 0 spiro atoms. The van der Waals surface area contributed by atoms with E-state index < -0.39 is 0 Å². The number of azide groups is 1. The summed E-state index contributed by atoms with van der Waals surface area (Å²) in [5.41, 5.74) is 8.06. The van der Waals surface area contributed by atoms with E-state index in [0.29, 0.717) is 13.1 Å². The predicted molar refractivity (Wildman–Crippen MR) is 59.3 cm³/mol. The molecule has 1 unspecified atom stereocenters. The van der Waals surface area contributed by atoms with E-state index in [1.165, 1.54) is 0 Å². The van der Waals surface area contributed by atoms with Gasteiger partial charge in [0, 0.05) is 16.3 Å². The Morgan fingerprint density at radius 1 is 1.73 bits per heavy atom. The molecule has 1 N–H and O–H groups in total. The minimum atomic E-state index is -0.254. The van der Waals surface area contributed by atoms with Gasteiger partial charge in [-0.15, -0.1) is 11.3 Å². The van der Waals surface area contributed by atoms with Gasteiger partial charge in [-0.1, -0.05) is 11.2 Å². The SMILES string of the molecule is N#CC(NCCCN=[N+]=[N-])c1cccs1. The maximum atomic E-state index is 8.91. The molecule has 1 aromatic rings. The molecular weight excluding hydrogens is 210 g/mol. The fraction of sp³-hybridized carbons (Fsp3) is 0.444. The molecule has 0 saturated heterocycles. The van der Waals surface area contributed by atoms with Gasteiger partial charge < -0.3 is 0 Å². The Morgan fingerprint density at radius 2 is 2.60 bits per heavy atom. The second kappa shape index (κ2) is 6.85. The van der Waals surface area contributed by atoms with Crippen LogP contribution in [0.5, 0.6) is 0 Å². The van der Waals surface area contributed by atoms with Gasteiger partial charge in [0.15, 0.2) is 0 Å². The molecule has 1 aromatic heterocycles. The molecule has 5 nitrogen and oxygen atoms in total. The van der Waals surface area contributed by atoms with Crippen molar-refractivity contribution in [2.24, 2.45) is 5.11 Å². The van der Waals surface area contributed by atoms with Crippen LogP contribution in [0, 0.1) is 11.3 Å². The largest absolute Gasteiger partial charge is 0.298 e. The van der Waals surface area contributed by atoms with Crippen LogP contribution in [0.2, 0.25) is 0 Å². The summed E-state index contributed by atoms with van der Waals surface area (Å²) in [6.45, 7) is 1.14. The van der Waals surface area contributed by atoms with E-state index in [1.54, 1.807) is 11.3 Å². The second-order valence-electron chi connectivity index (χ2n) is 2.84. The van der Waals surface area contributed by atoms with Crippen LogP contribution in [0.25, 0.3) is 10.4 Å². The van der Waals surface area contributed by atoms with Crippen molar-refractivity contribution in [3.63, 3.8) is 0 Å². The van der Waals surface area contributed by atoms with Crippen molar-refractivity contribution in [2.45, 2.75) is 12.5 Å². The number of hydrogen-bond acceptors (Lipinski definition) is 4. The topological polar surface area (TPSA) is 84.6 Å². The normalized spacial score (nSPS) is 11.4. The van der Waals surface area contributed by atoms with Gasteiger partial charge in [0.05, 0.1) is 6.07 Å².